The van der Waals surface area contributed by atoms with Crippen LogP contribution in [0, 0.1) is 5.41 Å². The summed E-state index contributed by atoms with van der Waals surface area (Å²) in [5, 5.41) is 3.65. The Morgan fingerprint density at radius 2 is 1.86 bits per heavy atom. The van der Waals surface area contributed by atoms with Gasteiger partial charge in [0.25, 0.3) is 0 Å². The average molecular weight is 293 g/mol. The fraction of sp³-hybridized carbons (Fsp3) is 0.647. The first-order valence-corrected chi connectivity index (χ1v) is 7.61. The van der Waals surface area contributed by atoms with E-state index < -0.39 is 0 Å². The number of nitrogens with one attached hydrogen (secondary N) is 1. The van der Waals surface area contributed by atoms with Crippen LogP contribution in [-0.2, 0) is 4.74 Å². The number of benzene rings is 1. The molecule has 1 aromatic carbocycles. The summed E-state index contributed by atoms with van der Waals surface area (Å²) in [4.78, 5) is 0. The largest absolute Gasteiger partial charge is 0.493 e. The maximum absolute atomic E-state index is 5.45. The van der Waals surface area contributed by atoms with E-state index >= 15 is 0 Å². The molecule has 1 unspecified atom stereocenters. The minimum Gasteiger partial charge on any atom is -0.493 e. The van der Waals surface area contributed by atoms with Crippen LogP contribution in [-0.4, -0.2) is 34.0 Å². The average Bonchev–Trinajstić information content (AvgIpc) is 2.52. The van der Waals surface area contributed by atoms with Gasteiger partial charge >= 0.3 is 0 Å². The molecule has 0 spiro atoms. The van der Waals surface area contributed by atoms with Crippen molar-refractivity contribution in [3.05, 3.63) is 23.8 Å². The van der Waals surface area contributed by atoms with Gasteiger partial charge in [-0.3, -0.25) is 0 Å². The summed E-state index contributed by atoms with van der Waals surface area (Å²) in [5.74, 6) is 1.55. The lowest BCUT2D eigenvalue weighted by atomic mass is 9.82. The summed E-state index contributed by atoms with van der Waals surface area (Å²) in [6.45, 7) is 7.28. The summed E-state index contributed by atoms with van der Waals surface area (Å²) in [6.07, 6.45) is 2.25. The van der Waals surface area contributed by atoms with Crippen molar-refractivity contribution >= 4 is 0 Å². The third-order valence-corrected chi connectivity index (χ3v) is 4.44. The predicted molar refractivity (Wildman–Crippen MR) is 84.1 cm³/mol. The van der Waals surface area contributed by atoms with E-state index in [4.69, 9.17) is 14.2 Å². The molecular weight excluding hydrogens is 266 g/mol. The lowest BCUT2D eigenvalue weighted by Crippen LogP contribution is -2.37. The lowest BCUT2D eigenvalue weighted by Gasteiger charge is -2.34. The van der Waals surface area contributed by atoms with Crippen LogP contribution in [0.25, 0.3) is 0 Å². The summed E-state index contributed by atoms with van der Waals surface area (Å²) in [7, 11) is 3.33. The first-order chi connectivity index (χ1) is 10.1. The molecule has 0 aromatic heterocycles. The fourth-order valence-corrected chi connectivity index (χ4v) is 2.68. The molecule has 2 rings (SSSR count). The molecule has 1 atom stereocenters. The van der Waals surface area contributed by atoms with Crippen molar-refractivity contribution in [2.45, 2.75) is 32.7 Å². The van der Waals surface area contributed by atoms with E-state index in [0.717, 1.165) is 44.1 Å². The van der Waals surface area contributed by atoms with Crippen LogP contribution in [0.5, 0.6) is 11.5 Å². The molecule has 0 amide bonds. The monoisotopic (exact) mass is 293 g/mol. The Balaban J connectivity index is 1.98. The molecule has 0 saturated carbocycles. The molecule has 4 heteroatoms. The molecule has 1 N–H and O–H groups in total. The third kappa shape index (κ3) is 4.11. The molecule has 0 aliphatic carbocycles. The predicted octanol–water partition coefficient (Wildman–Crippen LogP) is 3.17. The summed E-state index contributed by atoms with van der Waals surface area (Å²) >= 11 is 0. The highest BCUT2D eigenvalue weighted by atomic mass is 16.5. The Hall–Kier alpha value is -1.26. The zero-order valence-corrected chi connectivity index (χ0v) is 13.6. The zero-order chi connectivity index (χ0) is 15.3. The molecular formula is C17H27NO3. The fourth-order valence-electron chi connectivity index (χ4n) is 2.68. The number of methoxy groups -OCH3 is 2. The van der Waals surface area contributed by atoms with Gasteiger partial charge in [0.2, 0.25) is 0 Å². The highest BCUT2D eigenvalue weighted by Gasteiger charge is 2.27. The van der Waals surface area contributed by atoms with Crippen LogP contribution >= 0.6 is 0 Å². The second-order valence-electron chi connectivity index (χ2n) is 6.14. The SMILES string of the molecule is COc1ccc(C(C)NCC2(C)CCOCC2)cc1OC. The molecule has 0 radical (unpaired) electrons. The van der Waals surface area contributed by atoms with Gasteiger partial charge in [0.1, 0.15) is 0 Å². The van der Waals surface area contributed by atoms with Gasteiger partial charge in [0.05, 0.1) is 14.2 Å². The molecule has 1 aliphatic rings. The second-order valence-corrected chi connectivity index (χ2v) is 6.14. The third-order valence-electron chi connectivity index (χ3n) is 4.44. The van der Waals surface area contributed by atoms with Crippen molar-refractivity contribution in [2.24, 2.45) is 5.41 Å². The Labute approximate surface area is 127 Å². The van der Waals surface area contributed by atoms with Crippen LogP contribution in [0.2, 0.25) is 0 Å². The highest BCUT2D eigenvalue weighted by molar-refractivity contribution is 5.43. The van der Waals surface area contributed by atoms with E-state index in [9.17, 15) is 0 Å². The van der Waals surface area contributed by atoms with E-state index in [1.165, 1.54) is 5.56 Å². The number of hydrogen-bond donors (Lipinski definition) is 1. The van der Waals surface area contributed by atoms with Crippen molar-refractivity contribution in [1.29, 1.82) is 0 Å². The summed E-state index contributed by atoms with van der Waals surface area (Å²) < 4.78 is 16.1. The molecule has 1 saturated heterocycles. The van der Waals surface area contributed by atoms with E-state index in [-0.39, 0.29) is 6.04 Å². The van der Waals surface area contributed by atoms with Crippen LogP contribution < -0.4 is 14.8 Å². The topological polar surface area (TPSA) is 39.7 Å². The molecule has 4 nitrogen and oxygen atoms in total. The van der Waals surface area contributed by atoms with Crippen molar-refractivity contribution in [2.75, 3.05) is 34.0 Å². The molecule has 1 aliphatic heterocycles. The maximum atomic E-state index is 5.45. The number of rotatable bonds is 6. The Bertz CT molecular complexity index is 455. The minimum atomic E-state index is 0.282. The second kappa shape index (κ2) is 7.14. The van der Waals surface area contributed by atoms with Crippen molar-refractivity contribution in [3.8, 4) is 11.5 Å². The van der Waals surface area contributed by atoms with Gasteiger partial charge in [-0.2, -0.15) is 0 Å². The number of ether oxygens (including phenoxy) is 3. The van der Waals surface area contributed by atoms with E-state index in [1.54, 1.807) is 14.2 Å². The van der Waals surface area contributed by atoms with Gasteiger partial charge in [-0.1, -0.05) is 13.0 Å². The minimum absolute atomic E-state index is 0.282. The first-order valence-electron chi connectivity index (χ1n) is 7.61. The van der Waals surface area contributed by atoms with Crippen molar-refractivity contribution < 1.29 is 14.2 Å². The van der Waals surface area contributed by atoms with Gasteiger partial charge in [-0.05, 0) is 42.9 Å². The van der Waals surface area contributed by atoms with Gasteiger partial charge < -0.3 is 19.5 Å². The Morgan fingerprint density at radius 3 is 2.48 bits per heavy atom. The zero-order valence-electron chi connectivity index (χ0n) is 13.6. The molecule has 118 valence electrons. The first kappa shape index (κ1) is 16.1. The van der Waals surface area contributed by atoms with E-state index in [2.05, 4.69) is 25.2 Å². The van der Waals surface area contributed by atoms with Gasteiger partial charge in [0, 0.05) is 25.8 Å². The standard InChI is InChI=1S/C17H27NO3/c1-13(18-12-17(2)7-9-21-10-8-17)14-5-6-15(19-3)16(11-14)20-4/h5-6,11,13,18H,7-10,12H2,1-4H3. The van der Waals surface area contributed by atoms with Crippen LogP contribution in [0.15, 0.2) is 18.2 Å². The summed E-state index contributed by atoms with van der Waals surface area (Å²) in [5.41, 5.74) is 1.55. The van der Waals surface area contributed by atoms with Gasteiger partial charge in [-0.25, -0.2) is 0 Å². The van der Waals surface area contributed by atoms with Crippen LogP contribution in [0.4, 0.5) is 0 Å². The van der Waals surface area contributed by atoms with Crippen molar-refractivity contribution in [1.82, 2.24) is 5.32 Å². The Morgan fingerprint density at radius 1 is 1.19 bits per heavy atom. The molecule has 1 heterocycles. The van der Waals surface area contributed by atoms with E-state index in [0.29, 0.717) is 5.41 Å². The van der Waals surface area contributed by atoms with Gasteiger partial charge in [0.15, 0.2) is 11.5 Å². The highest BCUT2D eigenvalue weighted by Crippen LogP contribution is 2.32. The summed E-state index contributed by atoms with van der Waals surface area (Å²) in [6, 6.07) is 6.38. The van der Waals surface area contributed by atoms with Crippen LogP contribution in [0.1, 0.15) is 38.3 Å². The molecule has 0 bridgehead atoms. The van der Waals surface area contributed by atoms with E-state index in [1.807, 2.05) is 12.1 Å². The smallest absolute Gasteiger partial charge is 0.161 e. The quantitative estimate of drug-likeness (QED) is 0.874. The normalized spacial score (nSPS) is 19.0. The van der Waals surface area contributed by atoms with Crippen LogP contribution in [0.3, 0.4) is 0 Å². The lowest BCUT2D eigenvalue weighted by molar-refractivity contribution is 0.0231. The maximum Gasteiger partial charge on any atom is 0.161 e. The molecule has 1 fully saturated rings. The number of hydrogen-bond acceptors (Lipinski definition) is 4. The molecule has 21 heavy (non-hydrogen) atoms. The molecule has 1 aromatic rings. The van der Waals surface area contributed by atoms with Gasteiger partial charge in [-0.15, -0.1) is 0 Å². The Kier molecular flexibility index (Phi) is 5.48. The van der Waals surface area contributed by atoms with Crippen molar-refractivity contribution in [3.63, 3.8) is 0 Å².